The minimum Gasteiger partial charge on any atom is -0.339 e. The Morgan fingerprint density at radius 1 is 1.35 bits per heavy atom. The third-order valence-corrected chi connectivity index (χ3v) is 5.50. The minimum absolute atomic E-state index is 0.107. The van der Waals surface area contributed by atoms with Crippen molar-refractivity contribution in [2.75, 3.05) is 26.2 Å². The van der Waals surface area contributed by atoms with E-state index in [1.165, 1.54) is 5.01 Å². The van der Waals surface area contributed by atoms with Crippen molar-refractivity contribution in [3.05, 3.63) is 16.1 Å². The lowest BCUT2D eigenvalue weighted by molar-refractivity contribution is -0.134. The Balaban J connectivity index is 1.83. The topological polar surface area (TPSA) is 62.5 Å². The summed E-state index contributed by atoms with van der Waals surface area (Å²) in [7, 11) is 0. The van der Waals surface area contributed by atoms with E-state index in [1.807, 2.05) is 4.90 Å². The number of piperazine rings is 1. The van der Waals surface area contributed by atoms with Crippen molar-refractivity contribution in [3.8, 4) is 0 Å². The van der Waals surface area contributed by atoms with Gasteiger partial charge in [-0.05, 0) is 6.42 Å². The summed E-state index contributed by atoms with van der Waals surface area (Å²) in [6, 6.07) is -0.334. The molecule has 0 spiro atoms. The van der Waals surface area contributed by atoms with Gasteiger partial charge in [0.15, 0.2) is 0 Å². The predicted molar refractivity (Wildman–Crippen MR) is 95.6 cm³/mol. The van der Waals surface area contributed by atoms with E-state index in [9.17, 15) is 4.79 Å². The normalized spacial score (nSPS) is 18.2. The Hall–Kier alpha value is -0.980. The number of carbonyl (C=O) groups excluding carboxylic acids is 1. The highest BCUT2D eigenvalue weighted by molar-refractivity contribution is 7.09. The van der Waals surface area contributed by atoms with Crippen LogP contribution >= 0.6 is 11.3 Å². The van der Waals surface area contributed by atoms with Gasteiger partial charge in [0.2, 0.25) is 5.91 Å². The molecule has 1 amide bonds. The molecule has 1 aromatic heterocycles. The van der Waals surface area contributed by atoms with E-state index in [0.29, 0.717) is 0 Å². The van der Waals surface area contributed by atoms with Crippen LogP contribution in [0.5, 0.6) is 0 Å². The molecule has 1 aliphatic heterocycles. The van der Waals surface area contributed by atoms with Gasteiger partial charge in [-0.2, -0.15) is 0 Å². The highest BCUT2D eigenvalue weighted by atomic mass is 32.1. The standard InChI is InChI=1S/C17H30N4OS/c1-5-6-14(18)15(22)21-9-7-20(8-10-21)11-13-12-23-16(19-13)17(2,3)4/h12,14H,5-11,18H2,1-4H3/t14-/m0/s1. The first-order chi connectivity index (χ1) is 10.8. The molecule has 1 fully saturated rings. The van der Waals surface area contributed by atoms with Gasteiger partial charge in [-0.15, -0.1) is 11.3 Å². The largest absolute Gasteiger partial charge is 0.339 e. The first-order valence-electron chi connectivity index (χ1n) is 8.53. The Morgan fingerprint density at radius 2 is 2.00 bits per heavy atom. The number of thiazole rings is 1. The molecule has 130 valence electrons. The number of rotatable bonds is 5. The van der Waals surface area contributed by atoms with E-state index in [4.69, 9.17) is 10.7 Å². The van der Waals surface area contributed by atoms with Crippen molar-refractivity contribution < 1.29 is 4.79 Å². The molecule has 1 aliphatic rings. The van der Waals surface area contributed by atoms with Gasteiger partial charge in [0.1, 0.15) is 0 Å². The van der Waals surface area contributed by atoms with Crippen molar-refractivity contribution in [2.24, 2.45) is 5.73 Å². The Kier molecular flexibility index (Phi) is 6.17. The van der Waals surface area contributed by atoms with Crippen LogP contribution in [0, 0.1) is 0 Å². The second-order valence-corrected chi connectivity index (χ2v) is 8.25. The Bertz CT molecular complexity index is 515. The molecule has 0 bridgehead atoms. The third-order valence-electron chi connectivity index (χ3n) is 4.18. The van der Waals surface area contributed by atoms with Gasteiger partial charge in [0.25, 0.3) is 0 Å². The molecule has 2 N–H and O–H groups in total. The molecule has 1 saturated heterocycles. The maximum atomic E-state index is 12.2. The Labute approximate surface area is 143 Å². The van der Waals surface area contributed by atoms with Crippen LogP contribution in [0.4, 0.5) is 0 Å². The van der Waals surface area contributed by atoms with Gasteiger partial charge in [0, 0.05) is 43.5 Å². The molecule has 1 atom stereocenters. The Morgan fingerprint density at radius 3 is 2.52 bits per heavy atom. The van der Waals surface area contributed by atoms with Crippen LogP contribution in [-0.2, 0) is 16.8 Å². The summed E-state index contributed by atoms with van der Waals surface area (Å²) in [6.07, 6.45) is 1.72. The summed E-state index contributed by atoms with van der Waals surface area (Å²) in [5, 5.41) is 3.35. The van der Waals surface area contributed by atoms with Gasteiger partial charge < -0.3 is 10.6 Å². The van der Waals surface area contributed by atoms with Crippen molar-refractivity contribution in [2.45, 2.75) is 58.5 Å². The molecule has 23 heavy (non-hydrogen) atoms. The summed E-state index contributed by atoms with van der Waals surface area (Å²) in [4.78, 5) is 21.3. The number of nitrogens with zero attached hydrogens (tertiary/aromatic N) is 3. The summed E-state index contributed by atoms with van der Waals surface area (Å²) < 4.78 is 0. The van der Waals surface area contributed by atoms with Crippen molar-refractivity contribution >= 4 is 17.2 Å². The maximum absolute atomic E-state index is 12.2. The highest BCUT2D eigenvalue weighted by Gasteiger charge is 2.25. The van der Waals surface area contributed by atoms with Gasteiger partial charge in [-0.25, -0.2) is 4.98 Å². The SMILES string of the molecule is CCC[C@H](N)C(=O)N1CCN(Cc2csc(C(C)(C)C)n2)CC1. The van der Waals surface area contributed by atoms with E-state index < -0.39 is 0 Å². The molecule has 0 saturated carbocycles. The molecule has 6 heteroatoms. The van der Waals surface area contributed by atoms with Crippen molar-refractivity contribution in [1.82, 2.24) is 14.8 Å². The fourth-order valence-corrected chi connectivity index (χ4v) is 3.65. The summed E-state index contributed by atoms with van der Waals surface area (Å²) in [6.45, 7) is 12.8. The number of aromatic nitrogens is 1. The van der Waals surface area contributed by atoms with Crippen LogP contribution in [0.1, 0.15) is 51.2 Å². The fourth-order valence-electron chi connectivity index (χ4n) is 2.75. The average molecular weight is 339 g/mol. The zero-order chi connectivity index (χ0) is 17.0. The van der Waals surface area contributed by atoms with E-state index in [-0.39, 0.29) is 17.4 Å². The molecular formula is C17H30N4OS. The fraction of sp³-hybridized carbons (Fsp3) is 0.765. The van der Waals surface area contributed by atoms with Gasteiger partial charge in [-0.1, -0.05) is 34.1 Å². The molecule has 1 aromatic rings. The molecule has 5 nitrogen and oxygen atoms in total. The van der Waals surface area contributed by atoms with Gasteiger partial charge in [0.05, 0.1) is 16.7 Å². The first-order valence-corrected chi connectivity index (χ1v) is 9.41. The monoisotopic (exact) mass is 338 g/mol. The number of amides is 1. The highest BCUT2D eigenvalue weighted by Crippen LogP contribution is 2.26. The van der Waals surface area contributed by atoms with E-state index in [1.54, 1.807) is 11.3 Å². The quantitative estimate of drug-likeness (QED) is 0.894. The van der Waals surface area contributed by atoms with Gasteiger partial charge in [-0.3, -0.25) is 9.69 Å². The van der Waals surface area contributed by atoms with Crippen molar-refractivity contribution in [1.29, 1.82) is 0 Å². The number of hydrogen-bond acceptors (Lipinski definition) is 5. The molecular weight excluding hydrogens is 308 g/mol. The van der Waals surface area contributed by atoms with Crippen LogP contribution in [0.3, 0.4) is 0 Å². The summed E-state index contributed by atoms with van der Waals surface area (Å²) in [5.74, 6) is 0.107. The zero-order valence-corrected chi connectivity index (χ0v) is 15.7. The lowest BCUT2D eigenvalue weighted by Gasteiger charge is -2.35. The molecule has 2 heterocycles. The van der Waals surface area contributed by atoms with E-state index >= 15 is 0 Å². The zero-order valence-electron chi connectivity index (χ0n) is 14.8. The smallest absolute Gasteiger partial charge is 0.239 e. The van der Waals surface area contributed by atoms with Gasteiger partial charge >= 0.3 is 0 Å². The van der Waals surface area contributed by atoms with Crippen LogP contribution in [0.25, 0.3) is 0 Å². The predicted octanol–water partition coefficient (Wildman–Crippen LogP) is 2.21. The maximum Gasteiger partial charge on any atom is 0.239 e. The third kappa shape index (κ3) is 4.99. The van der Waals surface area contributed by atoms with Crippen molar-refractivity contribution in [3.63, 3.8) is 0 Å². The first kappa shape index (κ1) is 18.4. The number of nitrogens with two attached hydrogens (primary N) is 1. The lowest BCUT2D eigenvalue weighted by Crippen LogP contribution is -2.52. The van der Waals surface area contributed by atoms with E-state index in [0.717, 1.165) is 51.3 Å². The summed E-state index contributed by atoms with van der Waals surface area (Å²) in [5.41, 5.74) is 7.20. The minimum atomic E-state index is -0.334. The summed E-state index contributed by atoms with van der Waals surface area (Å²) >= 11 is 1.74. The second-order valence-electron chi connectivity index (χ2n) is 7.39. The molecule has 0 radical (unpaired) electrons. The average Bonchev–Trinajstić information content (AvgIpc) is 2.96. The lowest BCUT2D eigenvalue weighted by atomic mass is 9.98. The molecule has 0 aromatic carbocycles. The number of hydrogen-bond donors (Lipinski definition) is 1. The molecule has 0 unspecified atom stereocenters. The van der Waals surface area contributed by atoms with Crippen LogP contribution in [0.2, 0.25) is 0 Å². The number of carbonyl (C=O) groups is 1. The van der Waals surface area contributed by atoms with Crippen LogP contribution in [0.15, 0.2) is 5.38 Å². The molecule has 2 rings (SSSR count). The molecule has 0 aliphatic carbocycles. The second kappa shape index (κ2) is 7.73. The van der Waals surface area contributed by atoms with E-state index in [2.05, 4.69) is 38.0 Å². The van der Waals surface area contributed by atoms with Crippen LogP contribution in [-0.4, -0.2) is 52.9 Å². The van der Waals surface area contributed by atoms with Crippen LogP contribution < -0.4 is 5.73 Å².